The van der Waals surface area contributed by atoms with Crippen molar-refractivity contribution < 1.29 is 9.72 Å². The topological polar surface area (TPSA) is 66.7 Å². The van der Waals surface area contributed by atoms with Gasteiger partial charge in [-0.25, -0.2) is 0 Å². The van der Waals surface area contributed by atoms with Gasteiger partial charge in [0.1, 0.15) is 5.69 Å². The first kappa shape index (κ1) is 15.0. The largest absolute Gasteiger partial charge is 0.378 e. The Balaban J connectivity index is 1.96. The van der Waals surface area contributed by atoms with Crippen LogP contribution in [0.3, 0.4) is 0 Å². The van der Waals surface area contributed by atoms with Gasteiger partial charge in [0.25, 0.3) is 11.6 Å². The highest BCUT2D eigenvalue weighted by molar-refractivity contribution is 6.08. The van der Waals surface area contributed by atoms with E-state index in [9.17, 15) is 14.9 Å². The molecule has 0 bridgehead atoms. The lowest BCUT2D eigenvalue weighted by Crippen LogP contribution is -2.29. The maximum absolute atomic E-state index is 12.8. The molecule has 0 unspecified atom stereocenters. The van der Waals surface area contributed by atoms with Crippen LogP contribution in [-0.4, -0.2) is 31.5 Å². The quantitative estimate of drug-likeness (QED) is 0.646. The molecule has 0 radical (unpaired) electrons. The van der Waals surface area contributed by atoms with Gasteiger partial charge >= 0.3 is 0 Å². The number of amides is 1. The normalized spacial score (nSPS) is 12.9. The highest BCUT2D eigenvalue weighted by Gasteiger charge is 2.32. The van der Waals surface area contributed by atoms with Crippen molar-refractivity contribution in [2.45, 2.75) is 6.42 Å². The number of benzene rings is 2. The first-order valence-electron chi connectivity index (χ1n) is 7.34. The van der Waals surface area contributed by atoms with Crippen LogP contribution in [0.2, 0.25) is 0 Å². The summed E-state index contributed by atoms with van der Waals surface area (Å²) in [6.45, 7) is 0.467. The number of hydrogen-bond acceptors (Lipinski definition) is 4. The minimum Gasteiger partial charge on any atom is -0.378 e. The molecule has 0 spiro atoms. The van der Waals surface area contributed by atoms with Crippen molar-refractivity contribution in [3.05, 3.63) is 63.7 Å². The Morgan fingerprint density at radius 1 is 1.17 bits per heavy atom. The predicted octanol–water partition coefficient (Wildman–Crippen LogP) is 2.86. The molecule has 23 heavy (non-hydrogen) atoms. The van der Waals surface area contributed by atoms with Gasteiger partial charge in [-0.3, -0.25) is 14.9 Å². The number of fused-ring (bicyclic) bond motifs is 1. The molecule has 6 nitrogen and oxygen atoms in total. The highest BCUT2D eigenvalue weighted by atomic mass is 16.6. The summed E-state index contributed by atoms with van der Waals surface area (Å²) in [5, 5.41) is 11.2. The molecular formula is C17H17N3O3. The van der Waals surface area contributed by atoms with Gasteiger partial charge < -0.3 is 9.80 Å². The van der Waals surface area contributed by atoms with Crippen molar-refractivity contribution >= 4 is 23.0 Å². The highest BCUT2D eigenvalue weighted by Crippen LogP contribution is 2.37. The summed E-state index contributed by atoms with van der Waals surface area (Å²) in [5.41, 5.74) is 2.78. The number of carbonyl (C=O) groups excluding carboxylic acids is 1. The van der Waals surface area contributed by atoms with Gasteiger partial charge in [-0.05, 0) is 36.2 Å². The fraction of sp³-hybridized carbons (Fsp3) is 0.235. The van der Waals surface area contributed by atoms with E-state index in [1.807, 2.05) is 37.2 Å². The Hall–Kier alpha value is -2.89. The lowest BCUT2D eigenvalue weighted by molar-refractivity contribution is -0.384. The van der Waals surface area contributed by atoms with Crippen molar-refractivity contribution in [1.29, 1.82) is 0 Å². The standard InChI is InChI=1S/C17H17N3O3/c1-18(2)14-8-6-13(7-9-14)17(21)19-11-10-12-4-3-5-15(16(12)19)20(22)23/h3-9H,10-11H2,1-2H3. The lowest BCUT2D eigenvalue weighted by Gasteiger charge is -2.18. The van der Waals surface area contributed by atoms with Gasteiger partial charge in [0, 0.05) is 38.0 Å². The zero-order valence-electron chi connectivity index (χ0n) is 13.0. The summed E-state index contributed by atoms with van der Waals surface area (Å²) < 4.78 is 0. The minimum atomic E-state index is -0.431. The van der Waals surface area contributed by atoms with Gasteiger partial charge in [-0.1, -0.05) is 12.1 Å². The SMILES string of the molecule is CN(C)c1ccc(C(=O)N2CCc3cccc([N+](=O)[O-])c32)cc1. The van der Waals surface area contributed by atoms with Crippen LogP contribution in [0.4, 0.5) is 17.1 Å². The molecule has 6 heteroatoms. The van der Waals surface area contributed by atoms with Gasteiger partial charge in [0.05, 0.1) is 4.92 Å². The van der Waals surface area contributed by atoms with Crippen LogP contribution in [0, 0.1) is 10.1 Å². The average Bonchev–Trinajstić information content (AvgIpc) is 2.98. The molecule has 118 valence electrons. The van der Waals surface area contributed by atoms with E-state index in [0.29, 0.717) is 24.2 Å². The molecule has 1 aliphatic heterocycles. The Morgan fingerprint density at radius 3 is 2.48 bits per heavy atom. The zero-order chi connectivity index (χ0) is 16.6. The van der Waals surface area contributed by atoms with Crippen LogP contribution in [0.5, 0.6) is 0 Å². The van der Waals surface area contributed by atoms with Crippen LogP contribution in [-0.2, 0) is 6.42 Å². The lowest BCUT2D eigenvalue weighted by atomic mass is 10.1. The predicted molar refractivity (Wildman–Crippen MR) is 89.2 cm³/mol. The Bertz CT molecular complexity index is 769. The number of rotatable bonds is 3. The second kappa shape index (κ2) is 5.72. The van der Waals surface area contributed by atoms with Gasteiger partial charge in [-0.15, -0.1) is 0 Å². The molecule has 2 aromatic rings. The molecule has 1 heterocycles. The van der Waals surface area contributed by atoms with Crippen LogP contribution >= 0.6 is 0 Å². The maximum atomic E-state index is 12.8. The molecule has 3 rings (SSSR count). The summed E-state index contributed by atoms with van der Waals surface area (Å²) in [5.74, 6) is -0.205. The average molecular weight is 311 g/mol. The fourth-order valence-corrected chi connectivity index (χ4v) is 2.84. The Morgan fingerprint density at radius 2 is 1.87 bits per heavy atom. The van der Waals surface area contributed by atoms with Crippen LogP contribution in [0.25, 0.3) is 0 Å². The third-order valence-corrected chi connectivity index (χ3v) is 4.05. The number of carbonyl (C=O) groups is 1. The third kappa shape index (κ3) is 2.63. The van der Waals surface area contributed by atoms with Crippen LogP contribution in [0.15, 0.2) is 42.5 Å². The number of anilines is 2. The van der Waals surface area contributed by atoms with E-state index in [2.05, 4.69) is 0 Å². The summed E-state index contributed by atoms with van der Waals surface area (Å²) in [6, 6.07) is 12.2. The maximum Gasteiger partial charge on any atom is 0.293 e. The zero-order valence-corrected chi connectivity index (χ0v) is 13.0. The summed E-state index contributed by atoms with van der Waals surface area (Å²) in [6.07, 6.45) is 0.637. The van der Waals surface area contributed by atoms with E-state index in [4.69, 9.17) is 0 Å². The number of para-hydroxylation sites is 1. The van der Waals surface area contributed by atoms with E-state index < -0.39 is 4.92 Å². The van der Waals surface area contributed by atoms with Crippen molar-refractivity contribution in [2.75, 3.05) is 30.4 Å². The van der Waals surface area contributed by atoms with Crippen molar-refractivity contribution in [1.82, 2.24) is 0 Å². The van der Waals surface area contributed by atoms with Crippen molar-refractivity contribution in [3.8, 4) is 0 Å². The molecule has 0 saturated carbocycles. The van der Waals surface area contributed by atoms with Gasteiger partial charge in [0.15, 0.2) is 0 Å². The number of nitro groups is 1. The Kier molecular flexibility index (Phi) is 3.73. The third-order valence-electron chi connectivity index (χ3n) is 4.05. The molecular weight excluding hydrogens is 294 g/mol. The molecule has 0 fully saturated rings. The van der Waals surface area contributed by atoms with E-state index in [1.165, 1.54) is 11.0 Å². The van der Waals surface area contributed by atoms with E-state index >= 15 is 0 Å². The van der Waals surface area contributed by atoms with Gasteiger partial charge in [0.2, 0.25) is 0 Å². The molecule has 1 amide bonds. The van der Waals surface area contributed by atoms with E-state index in [0.717, 1.165) is 11.3 Å². The molecule has 0 N–H and O–H groups in total. The van der Waals surface area contributed by atoms with E-state index in [-0.39, 0.29) is 11.6 Å². The molecule has 2 aromatic carbocycles. The first-order chi connectivity index (χ1) is 11.0. The van der Waals surface area contributed by atoms with Crippen LogP contribution in [0.1, 0.15) is 15.9 Å². The molecule has 0 aromatic heterocycles. The van der Waals surface area contributed by atoms with E-state index in [1.54, 1.807) is 18.2 Å². The summed E-state index contributed by atoms with van der Waals surface area (Å²) in [7, 11) is 3.85. The number of nitro benzene ring substituents is 1. The molecule has 0 atom stereocenters. The second-order valence-corrected chi connectivity index (χ2v) is 5.69. The van der Waals surface area contributed by atoms with Crippen LogP contribution < -0.4 is 9.80 Å². The first-order valence-corrected chi connectivity index (χ1v) is 7.34. The Labute approximate surface area is 134 Å². The smallest absolute Gasteiger partial charge is 0.293 e. The summed E-state index contributed by atoms with van der Waals surface area (Å²) >= 11 is 0. The summed E-state index contributed by atoms with van der Waals surface area (Å²) in [4.78, 5) is 27.0. The molecule has 0 saturated heterocycles. The molecule has 0 aliphatic carbocycles. The van der Waals surface area contributed by atoms with Crippen molar-refractivity contribution in [2.24, 2.45) is 0 Å². The second-order valence-electron chi connectivity index (χ2n) is 5.69. The number of hydrogen-bond donors (Lipinski definition) is 0. The number of nitrogens with zero attached hydrogens (tertiary/aromatic N) is 3. The fourth-order valence-electron chi connectivity index (χ4n) is 2.84. The molecule has 1 aliphatic rings. The minimum absolute atomic E-state index is 0.0155. The van der Waals surface area contributed by atoms with Gasteiger partial charge in [-0.2, -0.15) is 0 Å². The monoisotopic (exact) mass is 311 g/mol. The van der Waals surface area contributed by atoms with Crippen molar-refractivity contribution in [3.63, 3.8) is 0 Å².